The molecule has 0 spiro atoms. The minimum absolute atomic E-state index is 0.0719. The van der Waals surface area contributed by atoms with Crippen LogP contribution in [0.15, 0.2) is 18.2 Å². The van der Waals surface area contributed by atoms with Crippen LogP contribution in [-0.4, -0.2) is 41.9 Å². The summed E-state index contributed by atoms with van der Waals surface area (Å²) >= 11 is 0. The highest BCUT2D eigenvalue weighted by molar-refractivity contribution is 6.21. The van der Waals surface area contributed by atoms with E-state index in [-0.39, 0.29) is 29.7 Å². The highest BCUT2D eigenvalue weighted by Gasteiger charge is 2.37. The molecule has 6 nitrogen and oxygen atoms in total. The van der Waals surface area contributed by atoms with E-state index in [4.69, 9.17) is 4.74 Å². The summed E-state index contributed by atoms with van der Waals surface area (Å²) in [6, 6.07) is 4.83. The lowest BCUT2D eigenvalue weighted by Gasteiger charge is -2.17. The second-order valence-corrected chi connectivity index (χ2v) is 6.26. The second kappa shape index (κ2) is 6.12. The van der Waals surface area contributed by atoms with Crippen molar-refractivity contribution in [3.63, 3.8) is 0 Å². The molecule has 3 amide bonds. The van der Waals surface area contributed by atoms with Gasteiger partial charge in [-0.15, -0.1) is 0 Å². The first-order valence-electron chi connectivity index (χ1n) is 7.90. The van der Waals surface area contributed by atoms with E-state index in [0.29, 0.717) is 30.0 Å². The quantitative estimate of drug-likeness (QED) is 0.863. The normalized spacial score (nSPS) is 20.3. The molecule has 1 saturated heterocycles. The zero-order valence-corrected chi connectivity index (χ0v) is 13.3. The van der Waals surface area contributed by atoms with Crippen LogP contribution in [0.1, 0.15) is 47.4 Å². The Hall–Kier alpha value is -2.21. The molecular formula is C17H20N2O4. The molecule has 2 heterocycles. The highest BCUT2D eigenvalue weighted by atomic mass is 16.5. The van der Waals surface area contributed by atoms with Gasteiger partial charge in [0.15, 0.2) is 0 Å². The molecule has 0 aliphatic carbocycles. The van der Waals surface area contributed by atoms with Crippen LogP contribution in [0.4, 0.5) is 5.69 Å². The molecule has 0 bridgehead atoms. The van der Waals surface area contributed by atoms with Gasteiger partial charge in [-0.3, -0.25) is 19.3 Å². The van der Waals surface area contributed by atoms with Gasteiger partial charge in [-0.2, -0.15) is 0 Å². The van der Waals surface area contributed by atoms with E-state index in [1.165, 1.54) is 4.90 Å². The standard InChI is InChI=1S/C17H20N2O4/c1-10(2)15(20)18-11-5-6-13-14(8-11)17(22)19(16(13)21)9-12-4-3-7-23-12/h5-6,8,10,12H,3-4,7,9H2,1-2H3,(H,18,20)/t12-/m1/s1. The van der Waals surface area contributed by atoms with E-state index in [1.807, 2.05) is 0 Å². The second-order valence-electron chi connectivity index (χ2n) is 6.26. The van der Waals surface area contributed by atoms with Crippen LogP contribution in [0, 0.1) is 5.92 Å². The fraction of sp³-hybridized carbons (Fsp3) is 0.471. The first-order chi connectivity index (χ1) is 11.0. The average molecular weight is 316 g/mol. The third-order valence-electron chi connectivity index (χ3n) is 4.17. The van der Waals surface area contributed by atoms with Gasteiger partial charge in [-0.05, 0) is 31.0 Å². The third kappa shape index (κ3) is 2.99. The van der Waals surface area contributed by atoms with E-state index in [0.717, 1.165) is 12.8 Å². The van der Waals surface area contributed by atoms with E-state index >= 15 is 0 Å². The van der Waals surface area contributed by atoms with Crippen LogP contribution in [-0.2, 0) is 9.53 Å². The summed E-state index contributed by atoms with van der Waals surface area (Å²) in [5.74, 6) is -0.891. The number of benzene rings is 1. The molecule has 0 radical (unpaired) electrons. The van der Waals surface area contributed by atoms with Gasteiger partial charge in [0, 0.05) is 18.2 Å². The van der Waals surface area contributed by atoms with Crippen molar-refractivity contribution < 1.29 is 19.1 Å². The van der Waals surface area contributed by atoms with E-state index in [2.05, 4.69) is 5.32 Å². The van der Waals surface area contributed by atoms with Crippen molar-refractivity contribution in [3.8, 4) is 0 Å². The first-order valence-corrected chi connectivity index (χ1v) is 7.90. The van der Waals surface area contributed by atoms with Crippen molar-refractivity contribution in [1.82, 2.24) is 4.90 Å². The van der Waals surface area contributed by atoms with Crippen LogP contribution < -0.4 is 5.32 Å². The number of imide groups is 1. The van der Waals surface area contributed by atoms with Crippen molar-refractivity contribution in [2.24, 2.45) is 5.92 Å². The maximum atomic E-state index is 12.5. The highest BCUT2D eigenvalue weighted by Crippen LogP contribution is 2.27. The fourth-order valence-electron chi connectivity index (χ4n) is 2.81. The Balaban J connectivity index is 1.79. The molecular weight excluding hydrogens is 296 g/mol. The smallest absolute Gasteiger partial charge is 0.261 e. The number of ether oxygens (including phenoxy) is 1. The van der Waals surface area contributed by atoms with Gasteiger partial charge in [0.05, 0.1) is 23.8 Å². The van der Waals surface area contributed by atoms with Crippen molar-refractivity contribution in [2.75, 3.05) is 18.5 Å². The van der Waals surface area contributed by atoms with Gasteiger partial charge in [0.25, 0.3) is 11.8 Å². The first kappa shape index (κ1) is 15.7. The molecule has 0 aromatic heterocycles. The minimum atomic E-state index is -0.318. The molecule has 0 unspecified atom stereocenters. The Morgan fingerprint density at radius 2 is 2.04 bits per heavy atom. The summed E-state index contributed by atoms with van der Waals surface area (Å²) in [4.78, 5) is 37.9. The number of nitrogens with one attached hydrogen (secondary N) is 1. The van der Waals surface area contributed by atoms with Gasteiger partial charge in [-0.25, -0.2) is 0 Å². The van der Waals surface area contributed by atoms with Crippen molar-refractivity contribution in [1.29, 1.82) is 0 Å². The Morgan fingerprint density at radius 1 is 1.30 bits per heavy atom. The van der Waals surface area contributed by atoms with Crippen molar-refractivity contribution in [2.45, 2.75) is 32.8 Å². The molecule has 6 heteroatoms. The molecule has 122 valence electrons. The molecule has 0 saturated carbocycles. The monoisotopic (exact) mass is 316 g/mol. The number of anilines is 1. The maximum absolute atomic E-state index is 12.5. The summed E-state index contributed by atoms with van der Waals surface area (Å²) in [6.45, 7) is 4.56. The van der Waals surface area contributed by atoms with Crippen LogP contribution in [0.2, 0.25) is 0 Å². The number of fused-ring (bicyclic) bond motifs is 1. The van der Waals surface area contributed by atoms with Gasteiger partial charge < -0.3 is 10.1 Å². The SMILES string of the molecule is CC(C)C(=O)Nc1ccc2c(c1)C(=O)N(C[C@H]1CCCO1)C2=O. The van der Waals surface area contributed by atoms with E-state index in [9.17, 15) is 14.4 Å². The number of amides is 3. The molecule has 1 fully saturated rings. The number of hydrogen-bond donors (Lipinski definition) is 1. The predicted octanol–water partition coefficient (Wildman–Crippen LogP) is 2.06. The number of nitrogens with zero attached hydrogens (tertiary/aromatic N) is 1. The van der Waals surface area contributed by atoms with Gasteiger partial charge >= 0.3 is 0 Å². The van der Waals surface area contributed by atoms with Crippen molar-refractivity contribution >= 4 is 23.4 Å². The molecule has 1 aromatic rings. The van der Waals surface area contributed by atoms with Crippen molar-refractivity contribution in [3.05, 3.63) is 29.3 Å². The predicted molar refractivity (Wildman–Crippen MR) is 84.3 cm³/mol. The van der Waals surface area contributed by atoms with Crippen LogP contribution >= 0.6 is 0 Å². The number of carbonyl (C=O) groups is 3. The number of rotatable bonds is 4. The van der Waals surface area contributed by atoms with Gasteiger partial charge in [0.1, 0.15) is 0 Å². The van der Waals surface area contributed by atoms with Crippen LogP contribution in [0.5, 0.6) is 0 Å². The Kier molecular flexibility index (Phi) is 4.17. The lowest BCUT2D eigenvalue weighted by Crippen LogP contribution is -2.36. The summed E-state index contributed by atoms with van der Waals surface area (Å²) in [6.07, 6.45) is 1.75. The fourth-order valence-corrected chi connectivity index (χ4v) is 2.81. The van der Waals surface area contributed by atoms with E-state index < -0.39 is 0 Å². The summed E-state index contributed by atoms with van der Waals surface area (Å²) in [5.41, 5.74) is 1.26. The lowest BCUT2D eigenvalue weighted by molar-refractivity contribution is -0.118. The minimum Gasteiger partial charge on any atom is -0.376 e. The molecule has 1 atom stereocenters. The molecule has 3 rings (SSSR count). The zero-order chi connectivity index (χ0) is 16.6. The largest absolute Gasteiger partial charge is 0.376 e. The summed E-state index contributed by atoms with van der Waals surface area (Å²) < 4.78 is 5.51. The van der Waals surface area contributed by atoms with Crippen LogP contribution in [0.3, 0.4) is 0 Å². The molecule has 23 heavy (non-hydrogen) atoms. The Bertz CT molecular complexity index is 663. The van der Waals surface area contributed by atoms with Crippen LogP contribution in [0.25, 0.3) is 0 Å². The topological polar surface area (TPSA) is 75.7 Å². The number of hydrogen-bond acceptors (Lipinski definition) is 4. The maximum Gasteiger partial charge on any atom is 0.261 e. The zero-order valence-electron chi connectivity index (χ0n) is 13.3. The van der Waals surface area contributed by atoms with Gasteiger partial charge in [0.2, 0.25) is 5.91 Å². The molecule has 1 N–H and O–H groups in total. The molecule has 2 aliphatic rings. The lowest BCUT2D eigenvalue weighted by atomic mass is 10.1. The van der Waals surface area contributed by atoms with E-state index in [1.54, 1.807) is 32.0 Å². The van der Waals surface area contributed by atoms with Gasteiger partial charge in [-0.1, -0.05) is 13.8 Å². The molecule has 2 aliphatic heterocycles. The summed E-state index contributed by atoms with van der Waals surface area (Å²) in [5, 5.41) is 2.75. The summed E-state index contributed by atoms with van der Waals surface area (Å²) in [7, 11) is 0. The number of carbonyl (C=O) groups excluding carboxylic acids is 3. The Morgan fingerprint density at radius 3 is 2.70 bits per heavy atom. The Labute approximate surface area is 134 Å². The average Bonchev–Trinajstić information content (AvgIpc) is 3.11. The third-order valence-corrected chi connectivity index (χ3v) is 4.17. The molecule has 1 aromatic carbocycles.